The van der Waals surface area contributed by atoms with Crippen molar-refractivity contribution in [3.05, 3.63) is 35.9 Å². The predicted molar refractivity (Wildman–Crippen MR) is 68.3 cm³/mol. The number of nitrogens with zero attached hydrogens (tertiary/aromatic N) is 2. The lowest BCUT2D eigenvalue weighted by Gasteiger charge is -2.39. The van der Waals surface area contributed by atoms with Crippen LogP contribution in [0.2, 0.25) is 0 Å². The van der Waals surface area contributed by atoms with Crippen LogP contribution >= 0.6 is 0 Å². The molecule has 1 aromatic carbocycles. The molecule has 3 nitrogen and oxygen atoms in total. The summed E-state index contributed by atoms with van der Waals surface area (Å²) in [4.78, 5) is 2.06. The highest BCUT2D eigenvalue weighted by atomic mass is 16.3. The van der Waals surface area contributed by atoms with Crippen LogP contribution in [-0.2, 0) is 0 Å². The molecule has 0 bridgehead atoms. The first kappa shape index (κ1) is 13.7. The van der Waals surface area contributed by atoms with Gasteiger partial charge in [0.1, 0.15) is 0 Å². The lowest BCUT2D eigenvalue weighted by Crippen LogP contribution is -2.46. The Morgan fingerprint density at radius 1 is 1.35 bits per heavy atom. The maximum Gasteiger partial charge on any atom is 0.0641 e. The van der Waals surface area contributed by atoms with E-state index in [9.17, 15) is 5.11 Å². The van der Waals surface area contributed by atoms with Crippen LogP contribution in [0.25, 0.3) is 0 Å². The average molecular weight is 232 g/mol. The van der Waals surface area contributed by atoms with E-state index in [0.29, 0.717) is 6.42 Å². The number of aliphatic hydroxyl groups excluding tert-OH is 1. The highest BCUT2D eigenvalue weighted by Gasteiger charge is 2.29. The van der Waals surface area contributed by atoms with Gasteiger partial charge in [-0.05, 0) is 26.5 Å². The van der Waals surface area contributed by atoms with Crippen LogP contribution < -0.4 is 0 Å². The molecular formula is C14H20N2O. The largest absolute Gasteiger partial charge is 0.394 e. The third kappa shape index (κ3) is 3.29. The van der Waals surface area contributed by atoms with E-state index in [-0.39, 0.29) is 18.2 Å². The molecule has 0 fully saturated rings. The summed E-state index contributed by atoms with van der Waals surface area (Å²) < 4.78 is 0. The summed E-state index contributed by atoms with van der Waals surface area (Å²) in [6.07, 6.45) is 0.421. The minimum Gasteiger partial charge on any atom is -0.394 e. The lowest BCUT2D eigenvalue weighted by atomic mass is 9.96. The van der Waals surface area contributed by atoms with E-state index in [0.717, 1.165) is 5.56 Å². The summed E-state index contributed by atoms with van der Waals surface area (Å²) in [6, 6.07) is 12.2. The van der Waals surface area contributed by atoms with E-state index in [1.165, 1.54) is 0 Å². The van der Waals surface area contributed by atoms with E-state index in [1.54, 1.807) is 0 Å². The molecule has 0 aromatic heterocycles. The van der Waals surface area contributed by atoms with Gasteiger partial charge in [-0.2, -0.15) is 5.26 Å². The second kappa shape index (κ2) is 5.81. The number of aliphatic hydroxyl groups is 1. The molecule has 0 amide bonds. The van der Waals surface area contributed by atoms with E-state index in [4.69, 9.17) is 5.26 Å². The van der Waals surface area contributed by atoms with Gasteiger partial charge >= 0.3 is 0 Å². The number of rotatable bonds is 5. The second-order valence-electron chi connectivity index (χ2n) is 4.87. The summed E-state index contributed by atoms with van der Waals surface area (Å²) in [5.74, 6) is 0. The number of nitriles is 1. The molecule has 1 aromatic rings. The third-order valence-corrected chi connectivity index (χ3v) is 3.28. The Hall–Kier alpha value is -1.37. The SMILES string of the molecule is CN(C(CC#N)c1ccccc1)C(C)(C)CO. The number of hydrogen-bond acceptors (Lipinski definition) is 3. The normalized spacial score (nSPS) is 13.4. The van der Waals surface area contributed by atoms with Crippen LogP contribution in [0.5, 0.6) is 0 Å². The smallest absolute Gasteiger partial charge is 0.0641 e. The Morgan fingerprint density at radius 2 is 1.94 bits per heavy atom. The molecule has 0 aliphatic carbocycles. The molecule has 17 heavy (non-hydrogen) atoms. The first-order valence-corrected chi connectivity index (χ1v) is 5.78. The zero-order valence-electron chi connectivity index (χ0n) is 10.7. The van der Waals surface area contributed by atoms with Crippen molar-refractivity contribution in [1.29, 1.82) is 5.26 Å². The van der Waals surface area contributed by atoms with Crippen LogP contribution in [0.1, 0.15) is 31.9 Å². The van der Waals surface area contributed by atoms with Gasteiger partial charge in [-0.15, -0.1) is 0 Å². The fourth-order valence-electron chi connectivity index (χ4n) is 1.77. The van der Waals surface area contributed by atoms with Gasteiger partial charge in [0, 0.05) is 11.6 Å². The summed E-state index contributed by atoms with van der Waals surface area (Å²) in [7, 11) is 1.95. The molecule has 0 saturated heterocycles. The molecule has 3 heteroatoms. The fourth-order valence-corrected chi connectivity index (χ4v) is 1.77. The summed E-state index contributed by atoms with van der Waals surface area (Å²) in [5.41, 5.74) is 0.773. The lowest BCUT2D eigenvalue weighted by molar-refractivity contribution is 0.0456. The monoisotopic (exact) mass is 232 g/mol. The van der Waals surface area contributed by atoms with Crippen LogP contribution in [0.4, 0.5) is 0 Å². The van der Waals surface area contributed by atoms with Gasteiger partial charge < -0.3 is 5.11 Å². The van der Waals surface area contributed by atoms with Crippen LogP contribution in [0, 0.1) is 11.3 Å². The van der Waals surface area contributed by atoms with Crippen molar-refractivity contribution >= 4 is 0 Å². The summed E-state index contributed by atoms with van der Waals surface area (Å²) in [6.45, 7) is 4.01. The molecule has 0 heterocycles. The van der Waals surface area contributed by atoms with E-state index in [2.05, 4.69) is 11.0 Å². The van der Waals surface area contributed by atoms with Gasteiger partial charge in [-0.25, -0.2) is 0 Å². The van der Waals surface area contributed by atoms with Crippen molar-refractivity contribution in [2.24, 2.45) is 0 Å². The van der Waals surface area contributed by atoms with Crippen molar-refractivity contribution in [2.45, 2.75) is 31.8 Å². The summed E-state index contributed by atoms with van der Waals surface area (Å²) >= 11 is 0. The van der Waals surface area contributed by atoms with Gasteiger partial charge in [-0.3, -0.25) is 4.90 Å². The van der Waals surface area contributed by atoms with Gasteiger partial charge in [0.2, 0.25) is 0 Å². The van der Waals surface area contributed by atoms with Crippen molar-refractivity contribution in [1.82, 2.24) is 4.90 Å². The van der Waals surface area contributed by atoms with Gasteiger partial charge in [-0.1, -0.05) is 30.3 Å². The van der Waals surface area contributed by atoms with Gasteiger partial charge in [0.05, 0.1) is 19.1 Å². The Labute approximate surface area is 103 Å². The quantitative estimate of drug-likeness (QED) is 0.847. The van der Waals surface area contributed by atoms with Crippen molar-refractivity contribution in [2.75, 3.05) is 13.7 Å². The van der Waals surface area contributed by atoms with Crippen LogP contribution in [-0.4, -0.2) is 29.2 Å². The topological polar surface area (TPSA) is 47.3 Å². The van der Waals surface area contributed by atoms with Gasteiger partial charge in [0.25, 0.3) is 0 Å². The molecule has 0 spiro atoms. The molecular weight excluding hydrogens is 212 g/mol. The highest BCUT2D eigenvalue weighted by molar-refractivity contribution is 5.20. The number of benzene rings is 1. The first-order valence-electron chi connectivity index (χ1n) is 5.78. The van der Waals surface area contributed by atoms with Crippen molar-refractivity contribution < 1.29 is 5.11 Å². The average Bonchev–Trinajstić information content (AvgIpc) is 2.36. The number of likely N-dealkylation sites (N-methyl/N-ethyl adjacent to an activating group) is 1. The van der Waals surface area contributed by atoms with Crippen LogP contribution in [0.3, 0.4) is 0 Å². The zero-order valence-corrected chi connectivity index (χ0v) is 10.7. The molecule has 92 valence electrons. The molecule has 1 N–H and O–H groups in total. The Balaban J connectivity index is 2.99. The molecule has 0 saturated carbocycles. The van der Waals surface area contributed by atoms with E-state index < -0.39 is 0 Å². The zero-order chi connectivity index (χ0) is 12.9. The second-order valence-corrected chi connectivity index (χ2v) is 4.87. The summed E-state index contributed by atoms with van der Waals surface area (Å²) in [5, 5.41) is 18.4. The minimum atomic E-state index is -0.336. The number of hydrogen-bond donors (Lipinski definition) is 1. The molecule has 0 aliphatic heterocycles. The fraction of sp³-hybridized carbons (Fsp3) is 0.500. The van der Waals surface area contributed by atoms with E-state index >= 15 is 0 Å². The van der Waals surface area contributed by atoms with Crippen molar-refractivity contribution in [3.8, 4) is 6.07 Å². The predicted octanol–water partition coefficient (Wildman–Crippen LogP) is 2.34. The van der Waals surface area contributed by atoms with Crippen molar-refractivity contribution in [3.63, 3.8) is 0 Å². The highest BCUT2D eigenvalue weighted by Crippen LogP contribution is 2.28. The van der Waals surface area contributed by atoms with E-state index in [1.807, 2.05) is 51.2 Å². The Morgan fingerprint density at radius 3 is 2.41 bits per heavy atom. The first-order chi connectivity index (χ1) is 8.03. The molecule has 1 rings (SSSR count). The van der Waals surface area contributed by atoms with Gasteiger partial charge in [0.15, 0.2) is 0 Å². The molecule has 0 radical (unpaired) electrons. The molecule has 1 unspecified atom stereocenters. The molecule has 1 atom stereocenters. The Kier molecular flexibility index (Phi) is 4.68. The Bertz CT molecular complexity index is 381. The maximum absolute atomic E-state index is 9.40. The molecule has 0 aliphatic rings. The minimum absolute atomic E-state index is 0.0170. The maximum atomic E-state index is 9.40. The third-order valence-electron chi connectivity index (χ3n) is 3.28. The standard InChI is InChI=1S/C14H20N2O/c1-14(2,11-17)16(3)13(9-10-15)12-7-5-4-6-8-12/h4-8,13,17H,9,11H2,1-3H3. The van der Waals surface area contributed by atoms with Crippen LogP contribution in [0.15, 0.2) is 30.3 Å².